The molecular weight excluding hydrogens is 488 g/mol. The number of amides is 2. The van der Waals surface area contributed by atoms with Crippen LogP contribution >= 0.6 is 0 Å². The molecule has 1 fully saturated rings. The number of aryl methyl sites for hydroxylation is 1. The average Bonchev–Trinajstić information content (AvgIpc) is 3.51. The van der Waals surface area contributed by atoms with Crippen molar-refractivity contribution in [1.82, 2.24) is 4.90 Å². The van der Waals surface area contributed by atoms with E-state index < -0.39 is 0 Å². The van der Waals surface area contributed by atoms with Crippen molar-refractivity contribution >= 4 is 17.7 Å². The second-order valence-corrected chi connectivity index (χ2v) is 10.5. The summed E-state index contributed by atoms with van der Waals surface area (Å²) in [5, 5.41) is 0. The van der Waals surface area contributed by atoms with Crippen LogP contribution in [-0.2, 0) is 22.6 Å². The number of likely N-dealkylation sites (tertiary alicyclic amines) is 1. The molecule has 3 aromatic rings. The highest BCUT2D eigenvalue weighted by Gasteiger charge is 2.24. The van der Waals surface area contributed by atoms with Crippen molar-refractivity contribution in [3.8, 4) is 16.9 Å². The summed E-state index contributed by atoms with van der Waals surface area (Å²) in [5.41, 5.74) is 7.83. The Kier molecular flexibility index (Phi) is 8.50. The van der Waals surface area contributed by atoms with Crippen LogP contribution < -0.4 is 9.64 Å². The van der Waals surface area contributed by atoms with Gasteiger partial charge in [0.1, 0.15) is 12.4 Å². The fourth-order valence-electron chi connectivity index (χ4n) is 5.49. The number of benzene rings is 3. The van der Waals surface area contributed by atoms with E-state index in [4.69, 9.17) is 9.47 Å². The normalized spacial score (nSPS) is 14.7. The lowest BCUT2D eigenvalue weighted by molar-refractivity contribution is -0.118. The fourth-order valence-corrected chi connectivity index (χ4v) is 5.49. The molecule has 0 aliphatic carbocycles. The molecule has 2 heterocycles. The van der Waals surface area contributed by atoms with Crippen LogP contribution in [0.1, 0.15) is 54.4 Å². The predicted molar refractivity (Wildman–Crippen MR) is 154 cm³/mol. The summed E-state index contributed by atoms with van der Waals surface area (Å²) in [6.07, 6.45) is 4.91. The zero-order chi connectivity index (χ0) is 27.2. The minimum atomic E-state index is -0.227. The van der Waals surface area contributed by atoms with Gasteiger partial charge in [0.15, 0.2) is 0 Å². The van der Waals surface area contributed by atoms with Gasteiger partial charge in [-0.3, -0.25) is 4.79 Å². The van der Waals surface area contributed by atoms with Gasteiger partial charge in [-0.2, -0.15) is 0 Å². The van der Waals surface area contributed by atoms with Crippen molar-refractivity contribution in [2.75, 3.05) is 31.1 Å². The third-order valence-corrected chi connectivity index (χ3v) is 7.89. The minimum Gasteiger partial charge on any atom is -0.493 e. The van der Waals surface area contributed by atoms with Crippen molar-refractivity contribution in [2.24, 2.45) is 0 Å². The van der Waals surface area contributed by atoms with Gasteiger partial charge in [0.05, 0.1) is 6.61 Å². The average molecular weight is 527 g/mol. The maximum atomic E-state index is 13.2. The Bertz CT molecular complexity index is 1310. The van der Waals surface area contributed by atoms with E-state index >= 15 is 0 Å². The summed E-state index contributed by atoms with van der Waals surface area (Å²) < 4.78 is 11.5. The summed E-state index contributed by atoms with van der Waals surface area (Å²) in [5.74, 6) is 1.04. The highest BCUT2D eigenvalue weighted by atomic mass is 16.6. The van der Waals surface area contributed by atoms with E-state index in [0.29, 0.717) is 19.4 Å². The fraction of sp³-hybridized carbons (Fsp3) is 0.394. The summed E-state index contributed by atoms with van der Waals surface area (Å²) in [4.78, 5) is 29.1. The first-order valence-corrected chi connectivity index (χ1v) is 14.1. The van der Waals surface area contributed by atoms with Crippen LogP contribution in [0, 0.1) is 13.8 Å². The lowest BCUT2D eigenvalue weighted by Gasteiger charge is -2.31. The zero-order valence-corrected chi connectivity index (χ0v) is 23.1. The Morgan fingerprint density at radius 2 is 1.64 bits per heavy atom. The number of carbonyl (C=O) groups excluding carboxylic acids is 2. The molecule has 0 saturated carbocycles. The first-order valence-electron chi connectivity index (χ1n) is 14.1. The molecule has 0 radical (unpaired) electrons. The van der Waals surface area contributed by atoms with Crippen molar-refractivity contribution in [3.63, 3.8) is 0 Å². The second-order valence-electron chi connectivity index (χ2n) is 10.5. The zero-order valence-electron chi connectivity index (χ0n) is 23.1. The second kappa shape index (κ2) is 12.4. The standard InChI is InChI=1S/C33H38N2O4/c1-24-9-5-13-31(25(24)2)38-22-8-14-32(36)35-21-7-11-29-28(10-6-12-30(29)35)27-17-15-26(16-18-27)23-39-33(37)34-19-3-4-20-34/h5-6,9-10,12-13,15-18H,3-4,7-8,11,14,19-23H2,1-2H3. The van der Waals surface area contributed by atoms with Gasteiger partial charge in [-0.05, 0) is 91.5 Å². The number of anilines is 1. The van der Waals surface area contributed by atoms with Gasteiger partial charge >= 0.3 is 6.09 Å². The van der Waals surface area contributed by atoms with E-state index in [1.54, 1.807) is 4.90 Å². The molecule has 5 rings (SSSR count). The largest absolute Gasteiger partial charge is 0.493 e. The molecule has 0 atom stereocenters. The first kappa shape index (κ1) is 26.8. The van der Waals surface area contributed by atoms with Crippen LogP contribution in [0.15, 0.2) is 60.7 Å². The Balaban J connectivity index is 1.20. The SMILES string of the molecule is Cc1cccc(OCCCC(=O)N2CCCc3c(-c4ccc(COC(=O)N5CCCC5)cc4)cccc32)c1C. The van der Waals surface area contributed by atoms with Crippen LogP contribution in [0.3, 0.4) is 0 Å². The monoisotopic (exact) mass is 526 g/mol. The van der Waals surface area contributed by atoms with Gasteiger partial charge < -0.3 is 19.3 Å². The van der Waals surface area contributed by atoms with Crippen molar-refractivity contribution in [2.45, 2.75) is 59.0 Å². The number of hydrogen-bond acceptors (Lipinski definition) is 4. The number of ether oxygens (including phenoxy) is 2. The van der Waals surface area contributed by atoms with Crippen molar-refractivity contribution in [1.29, 1.82) is 0 Å². The number of nitrogens with zero attached hydrogens (tertiary/aromatic N) is 2. The molecule has 3 aromatic carbocycles. The van der Waals surface area contributed by atoms with E-state index in [1.807, 2.05) is 35.2 Å². The van der Waals surface area contributed by atoms with Crippen LogP contribution in [0.4, 0.5) is 10.5 Å². The molecular formula is C33H38N2O4. The highest BCUT2D eigenvalue weighted by Crippen LogP contribution is 2.36. The maximum Gasteiger partial charge on any atom is 0.410 e. The topological polar surface area (TPSA) is 59.1 Å². The van der Waals surface area contributed by atoms with E-state index in [0.717, 1.165) is 79.0 Å². The van der Waals surface area contributed by atoms with Crippen molar-refractivity contribution < 1.29 is 19.1 Å². The molecule has 2 amide bonds. The van der Waals surface area contributed by atoms with Gasteiger partial charge in [0, 0.05) is 31.7 Å². The Labute approximate surface area is 231 Å². The molecule has 39 heavy (non-hydrogen) atoms. The molecule has 0 aromatic heterocycles. The predicted octanol–water partition coefficient (Wildman–Crippen LogP) is 6.84. The Hall–Kier alpha value is -3.80. The summed E-state index contributed by atoms with van der Waals surface area (Å²) in [6, 6.07) is 20.5. The highest BCUT2D eigenvalue weighted by molar-refractivity contribution is 5.96. The summed E-state index contributed by atoms with van der Waals surface area (Å²) in [6.45, 7) is 7.27. The number of carbonyl (C=O) groups is 2. The summed E-state index contributed by atoms with van der Waals surface area (Å²) >= 11 is 0. The van der Waals surface area contributed by atoms with E-state index in [-0.39, 0.29) is 18.6 Å². The third-order valence-electron chi connectivity index (χ3n) is 7.89. The molecule has 0 N–H and O–H groups in total. The van der Waals surface area contributed by atoms with E-state index in [9.17, 15) is 9.59 Å². The molecule has 6 heteroatoms. The molecule has 204 valence electrons. The van der Waals surface area contributed by atoms with E-state index in [1.165, 1.54) is 11.1 Å². The first-order chi connectivity index (χ1) is 19.0. The number of hydrogen-bond donors (Lipinski definition) is 0. The quantitative estimate of drug-likeness (QED) is 0.302. The molecule has 2 aliphatic rings. The third kappa shape index (κ3) is 6.27. The van der Waals surface area contributed by atoms with Gasteiger partial charge in [-0.25, -0.2) is 4.79 Å². The van der Waals surface area contributed by atoms with Gasteiger partial charge in [-0.15, -0.1) is 0 Å². The van der Waals surface area contributed by atoms with Crippen LogP contribution in [0.5, 0.6) is 5.75 Å². The number of fused-ring (bicyclic) bond motifs is 1. The van der Waals surface area contributed by atoms with Gasteiger partial charge in [-0.1, -0.05) is 48.5 Å². The molecule has 0 bridgehead atoms. The Morgan fingerprint density at radius 3 is 2.44 bits per heavy atom. The van der Waals surface area contributed by atoms with Crippen LogP contribution in [0.2, 0.25) is 0 Å². The summed E-state index contributed by atoms with van der Waals surface area (Å²) in [7, 11) is 0. The maximum absolute atomic E-state index is 13.2. The molecule has 2 aliphatic heterocycles. The van der Waals surface area contributed by atoms with Gasteiger partial charge in [0.25, 0.3) is 0 Å². The van der Waals surface area contributed by atoms with Crippen LogP contribution in [-0.4, -0.2) is 43.1 Å². The molecule has 0 unspecified atom stereocenters. The Morgan fingerprint density at radius 1 is 0.872 bits per heavy atom. The molecule has 0 spiro atoms. The van der Waals surface area contributed by atoms with E-state index in [2.05, 4.69) is 44.2 Å². The minimum absolute atomic E-state index is 0.146. The van der Waals surface area contributed by atoms with Gasteiger partial charge in [0.2, 0.25) is 5.91 Å². The lowest BCUT2D eigenvalue weighted by Crippen LogP contribution is -2.35. The molecule has 1 saturated heterocycles. The molecule has 6 nitrogen and oxygen atoms in total. The smallest absolute Gasteiger partial charge is 0.410 e. The number of rotatable bonds is 8. The lowest BCUT2D eigenvalue weighted by atomic mass is 9.91. The van der Waals surface area contributed by atoms with Crippen LogP contribution in [0.25, 0.3) is 11.1 Å². The van der Waals surface area contributed by atoms with Crippen molar-refractivity contribution in [3.05, 3.63) is 82.9 Å².